The molecule has 1 fully saturated rings. The number of rotatable bonds is 6. The van der Waals surface area contributed by atoms with E-state index in [1.807, 2.05) is 52.1 Å². The number of carbonyl (C=O) groups is 1. The van der Waals surface area contributed by atoms with Gasteiger partial charge in [0.15, 0.2) is 0 Å². The van der Waals surface area contributed by atoms with Gasteiger partial charge >= 0.3 is 6.09 Å². The van der Waals surface area contributed by atoms with Crippen LogP contribution in [0.2, 0.25) is 0 Å². The predicted molar refractivity (Wildman–Crippen MR) is 127 cm³/mol. The van der Waals surface area contributed by atoms with Gasteiger partial charge in [-0.25, -0.2) is 4.79 Å². The van der Waals surface area contributed by atoms with Gasteiger partial charge in [0, 0.05) is 31.2 Å². The average Bonchev–Trinajstić information content (AvgIpc) is 2.76. The van der Waals surface area contributed by atoms with Crippen LogP contribution >= 0.6 is 0 Å². The second-order valence-electron chi connectivity index (χ2n) is 9.55. The first kappa shape index (κ1) is 23.9. The van der Waals surface area contributed by atoms with Crippen molar-refractivity contribution in [3.05, 3.63) is 48.0 Å². The van der Waals surface area contributed by atoms with Crippen molar-refractivity contribution in [2.24, 2.45) is 0 Å². The second-order valence-corrected chi connectivity index (χ2v) is 9.55. The van der Waals surface area contributed by atoms with Crippen LogP contribution in [-0.2, 0) is 11.3 Å². The van der Waals surface area contributed by atoms with Crippen molar-refractivity contribution in [2.45, 2.75) is 70.7 Å². The van der Waals surface area contributed by atoms with E-state index in [1.165, 1.54) is 0 Å². The van der Waals surface area contributed by atoms with Crippen LogP contribution in [0.1, 0.15) is 52.0 Å². The van der Waals surface area contributed by atoms with E-state index >= 15 is 0 Å². The minimum absolute atomic E-state index is 0.218. The van der Waals surface area contributed by atoms with Gasteiger partial charge in [-0.05, 0) is 81.8 Å². The number of hydrogen-bond acceptors (Lipinski definition) is 5. The Labute approximate surface area is 191 Å². The Morgan fingerprint density at radius 2 is 1.69 bits per heavy atom. The topological polar surface area (TPSA) is 71.0 Å². The molecule has 2 aromatic carbocycles. The Morgan fingerprint density at radius 1 is 1.06 bits per heavy atom. The minimum atomic E-state index is -0.474. The summed E-state index contributed by atoms with van der Waals surface area (Å²) in [7, 11) is 3.53. The summed E-state index contributed by atoms with van der Waals surface area (Å²) in [6.45, 7) is 6.39. The average molecular weight is 441 g/mol. The Hall–Kier alpha value is -2.73. The summed E-state index contributed by atoms with van der Waals surface area (Å²) in [5, 5.41) is 13.2. The van der Waals surface area contributed by atoms with Gasteiger partial charge in [0.1, 0.15) is 17.1 Å². The summed E-state index contributed by atoms with van der Waals surface area (Å²) in [5.41, 5.74) is 2.77. The van der Waals surface area contributed by atoms with Crippen molar-refractivity contribution in [3.63, 3.8) is 0 Å². The van der Waals surface area contributed by atoms with Crippen molar-refractivity contribution < 1.29 is 19.4 Å². The van der Waals surface area contributed by atoms with E-state index in [0.29, 0.717) is 12.6 Å². The summed E-state index contributed by atoms with van der Waals surface area (Å²) in [4.78, 5) is 14.1. The zero-order chi connectivity index (χ0) is 23.3. The van der Waals surface area contributed by atoms with Gasteiger partial charge < -0.3 is 24.8 Å². The molecule has 0 spiro atoms. The fourth-order valence-electron chi connectivity index (χ4n) is 4.15. The van der Waals surface area contributed by atoms with Crippen molar-refractivity contribution in [1.82, 2.24) is 10.2 Å². The smallest absolute Gasteiger partial charge is 0.410 e. The molecular formula is C26H36N2O4. The van der Waals surface area contributed by atoms with Crippen LogP contribution in [0.15, 0.2) is 42.5 Å². The van der Waals surface area contributed by atoms with Crippen LogP contribution in [0, 0.1) is 0 Å². The first-order valence-corrected chi connectivity index (χ1v) is 11.3. The fraction of sp³-hybridized carbons (Fsp3) is 0.500. The maximum Gasteiger partial charge on any atom is 0.410 e. The third-order valence-corrected chi connectivity index (χ3v) is 5.99. The van der Waals surface area contributed by atoms with Crippen LogP contribution in [0.5, 0.6) is 11.5 Å². The lowest BCUT2D eigenvalue weighted by Gasteiger charge is -2.36. The molecule has 2 aromatic rings. The maximum absolute atomic E-state index is 12.3. The van der Waals surface area contributed by atoms with E-state index < -0.39 is 5.60 Å². The fourth-order valence-corrected chi connectivity index (χ4v) is 4.15. The van der Waals surface area contributed by atoms with Gasteiger partial charge in [0.2, 0.25) is 0 Å². The molecule has 0 radical (unpaired) electrons. The SMILES string of the molecule is COc1ccc(-c2ccc(O)cc2)cc1CNC1CCC(N(C)C(=O)OC(C)(C)C)CC1. The number of benzene rings is 2. The van der Waals surface area contributed by atoms with Crippen LogP contribution in [-0.4, -0.2) is 47.9 Å². The quantitative estimate of drug-likeness (QED) is 0.635. The summed E-state index contributed by atoms with van der Waals surface area (Å²) in [5.74, 6) is 1.12. The zero-order valence-electron chi connectivity index (χ0n) is 19.9. The zero-order valence-corrected chi connectivity index (χ0v) is 19.9. The largest absolute Gasteiger partial charge is 0.508 e. The van der Waals surface area contributed by atoms with Crippen LogP contribution in [0.4, 0.5) is 4.79 Å². The molecule has 0 saturated heterocycles. The number of methoxy groups -OCH3 is 1. The van der Waals surface area contributed by atoms with Crippen molar-refractivity contribution >= 4 is 6.09 Å². The minimum Gasteiger partial charge on any atom is -0.508 e. The Kier molecular flexibility index (Phi) is 7.67. The van der Waals surface area contributed by atoms with E-state index in [9.17, 15) is 9.90 Å². The third kappa shape index (κ3) is 6.39. The van der Waals surface area contributed by atoms with E-state index in [1.54, 1.807) is 24.1 Å². The van der Waals surface area contributed by atoms with Crippen LogP contribution in [0.25, 0.3) is 11.1 Å². The highest BCUT2D eigenvalue weighted by Gasteiger charge is 2.29. The molecule has 2 N–H and O–H groups in total. The number of phenols is 1. The van der Waals surface area contributed by atoms with Crippen LogP contribution < -0.4 is 10.1 Å². The van der Waals surface area contributed by atoms with E-state index in [0.717, 1.165) is 48.1 Å². The number of ether oxygens (including phenoxy) is 2. The molecule has 1 aliphatic carbocycles. The monoisotopic (exact) mass is 440 g/mol. The van der Waals surface area contributed by atoms with Gasteiger partial charge in [0.25, 0.3) is 0 Å². The van der Waals surface area contributed by atoms with Gasteiger partial charge in [-0.15, -0.1) is 0 Å². The third-order valence-electron chi connectivity index (χ3n) is 5.99. The molecule has 6 nitrogen and oxygen atoms in total. The number of amides is 1. The highest BCUT2D eigenvalue weighted by molar-refractivity contribution is 5.68. The second kappa shape index (κ2) is 10.3. The van der Waals surface area contributed by atoms with Gasteiger partial charge in [-0.3, -0.25) is 0 Å². The predicted octanol–water partition coefficient (Wildman–Crippen LogP) is 5.34. The first-order valence-electron chi connectivity index (χ1n) is 11.3. The lowest BCUT2D eigenvalue weighted by Crippen LogP contribution is -2.44. The van der Waals surface area contributed by atoms with Gasteiger partial charge in [-0.1, -0.05) is 18.2 Å². The molecular weight excluding hydrogens is 404 g/mol. The molecule has 1 amide bonds. The molecule has 0 unspecified atom stereocenters. The number of nitrogens with zero attached hydrogens (tertiary/aromatic N) is 1. The summed E-state index contributed by atoms with van der Waals surface area (Å²) < 4.78 is 11.1. The molecule has 1 saturated carbocycles. The molecule has 0 aromatic heterocycles. The van der Waals surface area contributed by atoms with Gasteiger partial charge in [-0.2, -0.15) is 0 Å². The molecule has 3 rings (SSSR count). The van der Waals surface area contributed by atoms with E-state index in [2.05, 4.69) is 11.4 Å². The van der Waals surface area contributed by atoms with Crippen molar-refractivity contribution in [3.8, 4) is 22.6 Å². The summed E-state index contributed by atoms with van der Waals surface area (Å²) in [6.07, 6.45) is 3.69. The van der Waals surface area contributed by atoms with E-state index in [4.69, 9.17) is 9.47 Å². The molecule has 174 valence electrons. The Bertz CT molecular complexity index is 897. The molecule has 0 heterocycles. The normalized spacial score (nSPS) is 18.8. The number of nitrogens with one attached hydrogen (secondary N) is 1. The van der Waals surface area contributed by atoms with Crippen molar-refractivity contribution in [1.29, 1.82) is 0 Å². The number of aromatic hydroxyl groups is 1. The Balaban J connectivity index is 1.56. The number of carbonyl (C=O) groups excluding carboxylic acids is 1. The molecule has 0 aliphatic heterocycles. The lowest BCUT2D eigenvalue weighted by molar-refractivity contribution is 0.0179. The number of phenolic OH excluding ortho intramolecular Hbond substituents is 1. The van der Waals surface area contributed by atoms with Gasteiger partial charge in [0.05, 0.1) is 7.11 Å². The maximum atomic E-state index is 12.3. The van der Waals surface area contributed by atoms with Crippen molar-refractivity contribution in [2.75, 3.05) is 14.2 Å². The van der Waals surface area contributed by atoms with Crippen LogP contribution in [0.3, 0.4) is 0 Å². The summed E-state index contributed by atoms with van der Waals surface area (Å²) in [6, 6.07) is 14.0. The molecule has 6 heteroatoms. The number of hydrogen-bond donors (Lipinski definition) is 2. The molecule has 0 bridgehead atoms. The highest BCUT2D eigenvalue weighted by Crippen LogP contribution is 2.29. The standard InChI is InChI=1S/C26H36N2O4/c1-26(2,3)32-25(30)28(4)22-11-9-21(10-12-22)27-17-20-16-19(8-15-24(20)31-5)18-6-13-23(29)14-7-18/h6-8,13-16,21-22,27,29H,9-12,17H2,1-5H3. The highest BCUT2D eigenvalue weighted by atomic mass is 16.6. The summed E-state index contributed by atoms with van der Waals surface area (Å²) >= 11 is 0. The van der Waals surface area contributed by atoms with E-state index in [-0.39, 0.29) is 17.9 Å². The molecule has 1 aliphatic rings. The first-order chi connectivity index (χ1) is 15.2. The Morgan fingerprint density at radius 3 is 2.28 bits per heavy atom. The molecule has 0 atom stereocenters. The lowest BCUT2D eigenvalue weighted by atomic mass is 9.90. The molecule has 32 heavy (non-hydrogen) atoms.